The highest BCUT2D eigenvalue weighted by Crippen LogP contribution is 2.22. The Bertz CT molecular complexity index is 1070. The highest BCUT2D eigenvalue weighted by Gasteiger charge is 2.22. The number of hydrogen-bond acceptors (Lipinski definition) is 6. The molecule has 0 saturated carbocycles. The van der Waals surface area contributed by atoms with E-state index in [9.17, 15) is 13.2 Å². The van der Waals surface area contributed by atoms with Gasteiger partial charge in [0.05, 0.1) is 4.90 Å². The number of benzene rings is 2. The Morgan fingerprint density at radius 1 is 1.00 bits per heavy atom. The van der Waals surface area contributed by atoms with Crippen LogP contribution in [0.25, 0.3) is 11.5 Å². The fourth-order valence-electron chi connectivity index (χ4n) is 2.18. The molecule has 0 radical (unpaired) electrons. The van der Waals surface area contributed by atoms with Crippen LogP contribution in [-0.4, -0.2) is 24.5 Å². The van der Waals surface area contributed by atoms with Gasteiger partial charge in [0.2, 0.25) is 5.91 Å². The molecule has 2 aromatic carbocycles. The molecule has 0 aliphatic rings. The van der Waals surface area contributed by atoms with Crippen molar-refractivity contribution in [3.8, 4) is 11.5 Å². The molecule has 1 amide bonds. The van der Waals surface area contributed by atoms with Gasteiger partial charge in [0, 0.05) is 16.7 Å². The zero-order valence-corrected chi connectivity index (χ0v) is 16.4. The molecule has 9 heteroatoms. The number of carbonyl (C=O) groups is 1. The maximum absolute atomic E-state index is 12.5. The summed E-state index contributed by atoms with van der Waals surface area (Å²) in [7, 11) is -3.90. The number of anilines is 2. The minimum absolute atomic E-state index is 0.00678. The lowest BCUT2D eigenvalue weighted by atomic mass is 9.95. The van der Waals surface area contributed by atoms with Crippen LogP contribution in [0.3, 0.4) is 0 Å². The molecule has 0 aliphatic heterocycles. The van der Waals surface area contributed by atoms with E-state index in [1.54, 1.807) is 32.9 Å². The Balaban J connectivity index is 1.73. The van der Waals surface area contributed by atoms with Crippen molar-refractivity contribution in [1.29, 1.82) is 0 Å². The van der Waals surface area contributed by atoms with E-state index in [1.165, 1.54) is 24.3 Å². The molecule has 0 aliphatic carbocycles. The Kier molecular flexibility index (Phi) is 5.19. The van der Waals surface area contributed by atoms with Crippen LogP contribution in [0.2, 0.25) is 0 Å². The monoisotopic (exact) mass is 400 g/mol. The largest absolute Gasteiger partial charge is 0.332 e. The number of amides is 1. The van der Waals surface area contributed by atoms with Crippen LogP contribution in [0.5, 0.6) is 0 Å². The first-order chi connectivity index (χ1) is 13.1. The van der Waals surface area contributed by atoms with Gasteiger partial charge in [-0.1, -0.05) is 39.0 Å². The van der Waals surface area contributed by atoms with Gasteiger partial charge < -0.3 is 9.84 Å². The molecule has 146 valence electrons. The quantitative estimate of drug-likeness (QED) is 0.677. The molecule has 3 rings (SSSR count). The summed E-state index contributed by atoms with van der Waals surface area (Å²) >= 11 is 0. The predicted molar refractivity (Wildman–Crippen MR) is 105 cm³/mol. The second-order valence-corrected chi connectivity index (χ2v) is 8.81. The fourth-order valence-corrected chi connectivity index (χ4v) is 3.11. The Morgan fingerprint density at radius 3 is 2.25 bits per heavy atom. The molecular formula is C19H20N4O4S. The van der Waals surface area contributed by atoms with Crippen molar-refractivity contribution in [3.63, 3.8) is 0 Å². The normalized spacial score (nSPS) is 11.8. The molecule has 0 saturated heterocycles. The number of nitrogens with one attached hydrogen (secondary N) is 2. The molecule has 0 bridgehead atoms. The van der Waals surface area contributed by atoms with Crippen LogP contribution in [0.4, 0.5) is 11.6 Å². The van der Waals surface area contributed by atoms with E-state index < -0.39 is 15.4 Å². The number of sulfonamides is 1. The standard InChI is InChI=1S/C19H20N4O4S/c1-19(2,3)17(24)20-14-9-11-15(12-10-14)28(25,26)23-18-21-16(27-22-18)13-7-5-4-6-8-13/h4-12H,1-3H3,(H,20,24)(H,22,23). The molecule has 0 spiro atoms. The third kappa shape index (κ3) is 4.55. The minimum atomic E-state index is -3.90. The maximum Gasteiger partial charge on any atom is 0.277 e. The third-order valence-corrected chi connectivity index (χ3v) is 5.12. The van der Waals surface area contributed by atoms with Crippen molar-refractivity contribution >= 4 is 27.6 Å². The van der Waals surface area contributed by atoms with Gasteiger partial charge in [-0.3, -0.25) is 4.79 Å². The first-order valence-corrected chi connectivity index (χ1v) is 9.97. The average molecular weight is 400 g/mol. The number of aromatic nitrogens is 2. The number of hydrogen-bond donors (Lipinski definition) is 2. The number of nitrogens with zero attached hydrogens (tertiary/aromatic N) is 2. The first kappa shape index (κ1) is 19.6. The van der Waals surface area contributed by atoms with Crippen LogP contribution < -0.4 is 10.0 Å². The lowest BCUT2D eigenvalue weighted by Gasteiger charge is -2.17. The summed E-state index contributed by atoms with van der Waals surface area (Å²) in [5.74, 6) is -0.121. The molecule has 1 aromatic heterocycles. The minimum Gasteiger partial charge on any atom is -0.332 e. The van der Waals surface area contributed by atoms with Crippen LogP contribution >= 0.6 is 0 Å². The summed E-state index contributed by atoms with van der Waals surface area (Å²) < 4.78 is 32.4. The lowest BCUT2D eigenvalue weighted by molar-refractivity contribution is -0.123. The van der Waals surface area contributed by atoms with E-state index >= 15 is 0 Å². The highest BCUT2D eigenvalue weighted by molar-refractivity contribution is 7.92. The van der Waals surface area contributed by atoms with Gasteiger partial charge in [0.15, 0.2) is 0 Å². The van der Waals surface area contributed by atoms with Gasteiger partial charge >= 0.3 is 0 Å². The Hall–Kier alpha value is -3.20. The summed E-state index contributed by atoms with van der Waals surface area (Å²) in [5, 5.41) is 6.39. The molecule has 0 atom stereocenters. The summed E-state index contributed by atoms with van der Waals surface area (Å²) in [5.41, 5.74) is 0.630. The van der Waals surface area contributed by atoms with E-state index in [1.807, 2.05) is 18.2 Å². The van der Waals surface area contributed by atoms with Gasteiger partial charge in [-0.15, -0.1) is 0 Å². The summed E-state index contributed by atoms with van der Waals surface area (Å²) in [6.07, 6.45) is 0. The molecule has 3 aromatic rings. The average Bonchev–Trinajstić information content (AvgIpc) is 3.10. The maximum atomic E-state index is 12.5. The van der Waals surface area contributed by atoms with Crippen LogP contribution in [0.1, 0.15) is 20.8 Å². The van der Waals surface area contributed by atoms with Gasteiger partial charge in [0.25, 0.3) is 21.9 Å². The zero-order valence-electron chi connectivity index (χ0n) is 15.6. The van der Waals surface area contributed by atoms with Crippen LogP contribution in [0, 0.1) is 5.41 Å². The van der Waals surface area contributed by atoms with Crippen molar-refractivity contribution in [2.75, 3.05) is 10.0 Å². The van der Waals surface area contributed by atoms with Crippen molar-refractivity contribution in [1.82, 2.24) is 10.1 Å². The van der Waals surface area contributed by atoms with Crippen molar-refractivity contribution < 1.29 is 17.7 Å². The molecular weight excluding hydrogens is 380 g/mol. The lowest BCUT2D eigenvalue weighted by Crippen LogP contribution is -2.27. The molecule has 0 fully saturated rings. The fraction of sp³-hybridized carbons (Fsp3) is 0.211. The zero-order chi connectivity index (χ0) is 20.4. The van der Waals surface area contributed by atoms with Crippen LogP contribution in [0.15, 0.2) is 64.0 Å². The SMILES string of the molecule is CC(C)(C)C(=O)Nc1ccc(S(=O)(=O)Nc2noc(-c3ccccc3)n2)cc1. The molecule has 1 heterocycles. The Labute approximate surface area is 163 Å². The van der Waals surface area contributed by atoms with Crippen molar-refractivity contribution in [2.45, 2.75) is 25.7 Å². The van der Waals surface area contributed by atoms with Crippen LogP contribution in [-0.2, 0) is 14.8 Å². The second-order valence-electron chi connectivity index (χ2n) is 7.12. The number of rotatable bonds is 5. The summed E-state index contributed by atoms with van der Waals surface area (Å²) in [4.78, 5) is 16.1. The topological polar surface area (TPSA) is 114 Å². The summed E-state index contributed by atoms with van der Waals surface area (Å²) in [6, 6.07) is 14.8. The molecule has 8 nitrogen and oxygen atoms in total. The van der Waals surface area contributed by atoms with E-state index in [0.29, 0.717) is 11.3 Å². The number of carbonyl (C=O) groups excluding carboxylic acids is 1. The van der Waals surface area contributed by atoms with E-state index in [-0.39, 0.29) is 22.6 Å². The predicted octanol–water partition coefficient (Wildman–Crippen LogP) is 3.52. The van der Waals surface area contributed by atoms with Gasteiger partial charge in [-0.05, 0) is 41.6 Å². The summed E-state index contributed by atoms with van der Waals surface area (Å²) in [6.45, 7) is 5.37. The second kappa shape index (κ2) is 7.43. The van der Waals surface area contributed by atoms with Gasteiger partial charge in [-0.2, -0.15) is 4.98 Å². The van der Waals surface area contributed by atoms with E-state index in [2.05, 4.69) is 20.2 Å². The molecule has 0 unspecified atom stereocenters. The Morgan fingerprint density at radius 2 is 1.64 bits per heavy atom. The van der Waals surface area contributed by atoms with E-state index in [0.717, 1.165) is 0 Å². The van der Waals surface area contributed by atoms with E-state index in [4.69, 9.17) is 4.52 Å². The first-order valence-electron chi connectivity index (χ1n) is 8.49. The van der Waals surface area contributed by atoms with Gasteiger partial charge in [0.1, 0.15) is 0 Å². The third-order valence-electron chi connectivity index (χ3n) is 3.78. The molecule has 28 heavy (non-hydrogen) atoms. The highest BCUT2D eigenvalue weighted by atomic mass is 32.2. The van der Waals surface area contributed by atoms with Crippen molar-refractivity contribution in [3.05, 3.63) is 54.6 Å². The van der Waals surface area contributed by atoms with Gasteiger partial charge in [-0.25, -0.2) is 13.1 Å². The molecule has 2 N–H and O–H groups in total. The smallest absolute Gasteiger partial charge is 0.277 e. The van der Waals surface area contributed by atoms with Crippen molar-refractivity contribution in [2.24, 2.45) is 5.41 Å².